The van der Waals surface area contributed by atoms with Crippen LogP contribution in [0.25, 0.3) is 0 Å². The zero-order valence-corrected chi connectivity index (χ0v) is 16.8. The molecule has 0 amide bonds. The van der Waals surface area contributed by atoms with E-state index in [1.54, 1.807) is 0 Å². The van der Waals surface area contributed by atoms with Crippen LogP contribution in [0.4, 0.5) is 0 Å². The average molecular weight is 462 g/mol. The van der Waals surface area contributed by atoms with E-state index in [4.69, 9.17) is 69.6 Å². The molecule has 0 spiro atoms. The number of rotatable bonds is 9. The van der Waals surface area contributed by atoms with Crippen LogP contribution in [0.15, 0.2) is 14.4 Å². The molecule has 0 saturated heterocycles. The summed E-state index contributed by atoms with van der Waals surface area (Å²) < 4.78 is 2.49. The van der Waals surface area contributed by atoms with Gasteiger partial charge in [0.1, 0.15) is 0 Å². The fraction of sp³-hybridized carbons (Fsp3) is 0.750. The highest BCUT2D eigenvalue weighted by atomic mass is 35.5. The first kappa shape index (κ1) is 22.2. The maximum Gasteiger partial charge on any atom is 0.336 e. The van der Waals surface area contributed by atoms with Crippen LogP contribution in [-0.2, 0) is 19.6 Å². The SMILES string of the molecule is O=c1n(CC(Cl)CCl)c(=O)n(CC(Cl)CCl)c(=O)n1CC(Cl)CCl. The van der Waals surface area contributed by atoms with Crippen LogP contribution in [0.3, 0.4) is 0 Å². The van der Waals surface area contributed by atoms with E-state index in [2.05, 4.69) is 0 Å². The Morgan fingerprint density at radius 3 is 0.958 bits per heavy atom. The van der Waals surface area contributed by atoms with Gasteiger partial charge in [0.15, 0.2) is 0 Å². The first-order valence-electron chi connectivity index (χ1n) is 6.81. The summed E-state index contributed by atoms with van der Waals surface area (Å²) in [4.78, 5) is 37.4. The summed E-state index contributed by atoms with van der Waals surface area (Å²) in [6, 6.07) is 0. The largest absolute Gasteiger partial charge is 0.336 e. The fourth-order valence-corrected chi connectivity index (χ4v) is 2.60. The third-order valence-electron chi connectivity index (χ3n) is 3.03. The van der Waals surface area contributed by atoms with E-state index < -0.39 is 33.2 Å². The summed E-state index contributed by atoms with van der Waals surface area (Å²) in [5.74, 6) is 0.0601. The predicted molar refractivity (Wildman–Crippen MR) is 100 cm³/mol. The maximum absolute atomic E-state index is 12.5. The Morgan fingerprint density at radius 2 is 0.792 bits per heavy atom. The Morgan fingerprint density at radius 1 is 0.583 bits per heavy atom. The molecule has 1 aromatic rings. The van der Waals surface area contributed by atoms with Gasteiger partial charge in [-0.05, 0) is 0 Å². The van der Waals surface area contributed by atoms with Crippen LogP contribution in [-0.4, -0.2) is 47.5 Å². The molecule has 0 aliphatic heterocycles. The molecular weight excluding hydrogens is 447 g/mol. The molecule has 0 N–H and O–H groups in total. The van der Waals surface area contributed by atoms with Crippen molar-refractivity contribution >= 4 is 69.6 Å². The molecule has 0 radical (unpaired) electrons. The molecule has 1 aromatic heterocycles. The second-order valence-electron chi connectivity index (χ2n) is 4.93. The molecule has 0 bridgehead atoms. The molecule has 3 unspecified atom stereocenters. The van der Waals surface area contributed by atoms with E-state index in [1.807, 2.05) is 0 Å². The molecule has 0 aromatic carbocycles. The van der Waals surface area contributed by atoms with Crippen molar-refractivity contribution in [2.24, 2.45) is 0 Å². The maximum atomic E-state index is 12.5. The van der Waals surface area contributed by atoms with Gasteiger partial charge in [0.2, 0.25) is 0 Å². The number of hydrogen-bond acceptors (Lipinski definition) is 3. The topological polar surface area (TPSA) is 66.0 Å². The standard InChI is InChI=1S/C12H15Cl6N3O3/c13-1-7(16)4-19-10(22)20(5-8(17)2-14)12(24)21(11(19)23)6-9(18)3-15/h7-9H,1-6H2. The number of aromatic nitrogens is 3. The van der Waals surface area contributed by atoms with Crippen LogP contribution in [0.2, 0.25) is 0 Å². The van der Waals surface area contributed by atoms with Crippen LogP contribution in [0.1, 0.15) is 0 Å². The normalized spacial score (nSPS) is 15.2. The molecule has 0 aliphatic rings. The minimum atomic E-state index is -0.829. The minimum Gasteiger partial charge on any atom is -0.247 e. The van der Waals surface area contributed by atoms with Crippen molar-refractivity contribution in [2.45, 2.75) is 35.8 Å². The molecule has 0 fully saturated rings. The average Bonchev–Trinajstić information content (AvgIpc) is 2.58. The molecule has 24 heavy (non-hydrogen) atoms. The molecule has 12 heteroatoms. The highest BCUT2D eigenvalue weighted by Gasteiger charge is 2.20. The van der Waals surface area contributed by atoms with Crippen LogP contribution in [0, 0.1) is 0 Å². The lowest BCUT2D eigenvalue weighted by molar-refractivity contribution is 0.443. The quantitative estimate of drug-likeness (QED) is 0.526. The summed E-state index contributed by atoms with van der Waals surface area (Å²) in [6.45, 7) is -0.486. The lowest BCUT2D eigenvalue weighted by Crippen LogP contribution is -2.56. The van der Waals surface area contributed by atoms with Gasteiger partial charge in [-0.25, -0.2) is 28.1 Å². The zero-order chi connectivity index (χ0) is 18.4. The Labute approximate surface area is 167 Å². The van der Waals surface area contributed by atoms with E-state index in [1.165, 1.54) is 0 Å². The highest BCUT2D eigenvalue weighted by molar-refractivity contribution is 6.28. The van der Waals surface area contributed by atoms with Crippen molar-refractivity contribution in [1.29, 1.82) is 0 Å². The third kappa shape index (κ3) is 5.58. The van der Waals surface area contributed by atoms with Gasteiger partial charge in [0.25, 0.3) is 0 Å². The Bertz CT molecular complexity index is 590. The van der Waals surface area contributed by atoms with Gasteiger partial charge < -0.3 is 0 Å². The van der Waals surface area contributed by atoms with Crippen molar-refractivity contribution in [3.8, 4) is 0 Å². The van der Waals surface area contributed by atoms with Crippen LogP contribution < -0.4 is 17.1 Å². The first-order chi connectivity index (χ1) is 11.3. The smallest absolute Gasteiger partial charge is 0.247 e. The first-order valence-corrected chi connectivity index (χ1v) is 9.72. The van der Waals surface area contributed by atoms with Gasteiger partial charge in [-0.1, -0.05) is 0 Å². The summed E-state index contributed by atoms with van der Waals surface area (Å²) in [7, 11) is 0. The van der Waals surface area contributed by atoms with E-state index in [9.17, 15) is 14.4 Å². The zero-order valence-electron chi connectivity index (χ0n) is 12.3. The molecule has 0 saturated carbocycles. The lowest BCUT2D eigenvalue weighted by Gasteiger charge is -2.17. The number of nitrogens with zero attached hydrogens (tertiary/aromatic N) is 3. The number of hydrogen-bond donors (Lipinski definition) is 0. The van der Waals surface area contributed by atoms with E-state index >= 15 is 0 Å². The van der Waals surface area contributed by atoms with Gasteiger partial charge in [-0.15, -0.1) is 69.6 Å². The van der Waals surface area contributed by atoms with Crippen molar-refractivity contribution in [1.82, 2.24) is 13.7 Å². The van der Waals surface area contributed by atoms with Crippen molar-refractivity contribution < 1.29 is 0 Å². The van der Waals surface area contributed by atoms with Gasteiger partial charge >= 0.3 is 17.1 Å². The van der Waals surface area contributed by atoms with Crippen LogP contribution >= 0.6 is 69.6 Å². The Balaban J connectivity index is 3.55. The molecular formula is C12H15Cl6N3O3. The summed E-state index contributed by atoms with van der Waals surface area (Å²) in [5, 5.41) is -2.01. The summed E-state index contributed by atoms with van der Waals surface area (Å²) in [5.41, 5.74) is -2.49. The van der Waals surface area contributed by atoms with Gasteiger partial charge in [0.05, 0.1) is 16.1 Å². The molecule has 0 aliphatic carbocycles. The minimum absolute atomic E-state index is 0.0200. The molecule has 6 nitrogen and oxygen atoms in total. The predicted octanol–water partition coefficient (Wildman–Crippen LogP) is 1.71. The fourth-order valence-electron chi connectivity index (χ4n) is 1.89. The molecule has 1 rings (SSSR count). The van der Waals surface area contributed by atoms with Crippen LogP contribution in [0.5, 0.6) is 0 Å². The Hall–Kier alpha value is 0.150. The molecule has 3 atom stereocenters. The summed E-state index contributed by atoms with van der Waals surface area (Å²) >= 11 is 34.7. The third-order valence-corrected chi connectivity index (χ3v) is 5.50. The van der Waals surface area contributed by atoms with E-state index in [-0.39, 0.29) is 37.3 Å². The number of halogens is 6. The molecule has 1 heterocycles. The van der Waals surface area contributed by atoms with Gasteiger partial charge in [0, 0.05) is 37.3 Å². The van der Waals surface area contributed by atoms with E-state index in [0.717, 1.165) is 13.7 Å². The number of alkyl halides is 6. The van der Waals surface area contributed by atoms with Crippen molar-refractivity contribution in [2.75, 3.05) is 17.6 Å². The monoisotopic (exact) mass is 459 g/mol. The van der Waals surface area contributed by atoms with E-state index in [0.29, 0.717) is 0 Å². The second kappa shape index (κ2) is 10.3. The molecule has 138 valence electrons. The lowest BCUT2D eigenvalue weighted by atomic mass is 10.4. The Kier molecular flexibility index (Phi) is 9.56. The van der Waals surface area contributed by atoms with Gasteiger partial charge in [-0.3, -0.25) is 0 Å². The van der Waals surface area contributed by atoms with Crippen molar-refractivity contribution in [3.05, 3.63) is 31.5 Å². The summed E-state index contributed by atoms with van der Waals surface area (Å²) in [6.07, 6.45) is 0. The highest BCUT2D eigenvalue weighted by Crippen LogP contribution is 2.03. The second-order valence-corrected chi connectivity index (χ2v) is 7.71. The van der Waals surface area contributed by atoms with Crippen molar-refractivity contribution in [3.63, 3.8) is 0 Å². The van der Waals surface area contributed by atoms with Gasteiger partial charge in [-0.2, -0.15) is 0 Å².